The molecule has 0 spiro atoms. The van der Waals surface area contributed by atoms with E-state index >= 15 is 0 Å². The minimum Gasteiger partial charge on any atom is -0.357 e. The molecule has 8 heteroatoms. The van der Waals surface area contributed by atoms with E-state index in [9.17, 15) is 13.2 Å². The lowest BCUT2D eigenvalue weighted by atomic mass is 9.83. The third-order valence-corrected chi connectivity index (χ3v) is 9.33. The minimum atomic E-state index is -3.10. The molecule has 33 heavy (non-hydrogen) atoms. The van der Waals surface area contributed by atoms with Crippen molar-refractivity contribution in [2.45, 2.75) is 37.8 Å². The van der Waals surface area contributed by atoms with E-state index in [4.69, 9.17) is 11.6 Å². The maximum atomic E-state index is 13.0. The number of fused-ring (bicyclic) bond motifs is 3. The maximum absolute atomic E-state index is 13.0. The predicted octanol–water partition coefficient (Wildman–Crippen LogP) is 4.02. The SMILES string of the molecule is C[C@@H]1c2[nH]c3ccccc3c2[C@H](c2ccccc2Cl)CN1CC(=O)N[C@@]1(C)CCS(=O)(=O)C1. The predicted molar refractivity (Wildman–Crippen MR) is 131 cm³/mol. The van der Waals surface area contributed by atoms with Gasteiger partial charge in [0.05, 0.1) is 23.6 Å². The number of carbonyl (C=O) groups excluding carboxylic acids is 1. The highest BCUT2D eigenvalue weighted by molar-refractivity contribution is 7.91. The molecule has 3 heterocycles. The number of benzene rings is 2. The molecule has 1 amide bonds. The average molecular weight is 486 g/mol. The third kappa shape index (κ3) is 4.18. The van der Waals surface area contributed by atoms with Gasteiger partial charge in [0.2, 0.25) is 5.91 Å². The Kier molecular flexibility index (Phi) is 5.54. The highest BCUT2D eigenvalue weighted by Crippen LogP contribution is 2.44. The van der Waals surface area contributed by atoms with Crippen molar-refractivity contribution in [2.24, 2.45) is 0 Å². The number of aromatic nitrogens is 1. The molecule has 2 aliphatic rings. The van der Waals surface area contributed by atoms with Crippen LogP contribution in [-0.2, 0) is 14.6 Å². The lowest BCUT2D eigenvalue weighted by molar-refractivity contribution is -0.124. The summed E-state index contributed by atoms with van der Waals surface area (Å²) in [6.45, 7) is 4.75. The zero-order chi connectivity index (χ0) is 23.4. The summed E-state index contributed by atoms with van der Waals surface area (Å²) in [4.78, 5) is 18.8. The quantitative estimate of drug-likeness (QED) is 0.584. The average Bonchev–Trinajstić information content (AvgIpc) is 3.27. The van der Waals surface area contributed by atoms with E-state index in [1.165, 1.54) is 10.9 Å². The molecule has 0 unspecified atom stereocenters. The number of hydrogen-bond acceptors (Lipinski definition) is 4. The number of H-pyrrole nitrogens is 1. The molecule has 1 aromatic heterocycles. The van der Waals surface area contributed by atoms with Crippen molar-refractivity contribution in [3.05, 3.63) is 70.4 Å². The molecule has 2 aliphatic heterocycles. The van der Waals surface area contributed by atoms with E-state index in [0.717, 1.165) is 16.8 Å². The summed E-state index contributed by atoms with van der Waals surface area (Å²) >= 11 is 6.63. The summed E-state index contributed by atoms with van der Waals surface area (Å²) < 4.78 is 23.9. The van der Waals surface area contributed by atoms with Crippen molar-refractivity contribution in [1.82, 2.24) is 15.2 Å². The maximum Gasteiger partial charge on any atom is 0.234 e. The van der Waals surface area contributed by atoms with E-state index in [1.807, 2.05) is 37.3 Å². The Morgan fingerprint density at radius 2 is 1.94 bits per heavy atom. The molecular weight excluding hydrogens is 458 g/mol. The summed E-state index contributed by atoms with van der Waals surface area (Å²) in [5.74, 6) is -0.0257. The molecule has 6 nitrogen and oxygen atoms in total. The van der Waals surface area contributed by atoms with Crippen LogP contribution in [0.1, 0.15) is 49.0 Å². The molecule has 0 saturated carbocycles. The number of nitrogens with zero attached hydrogens (tertiary/aromatic N) is 1. The molecule has 0 bridgehead atoms. The van der Waals surface area contributed by atoms with Crippen LogP contribution in [0.25, 0.3) is 10.9 Å². The summed E-state index contributed by atoms with van der Waals surface area (Å²) in [5, 5.41) is 4.89. The molecule has 2 N–H and O–H groups in total. The first-order valence-electron chi connectivity index (χ1n) is 11.3. The Labute approximate surface area is 199 Å². The van der Waals surface area contributed by atoms with E-state index in [2.05, 4.69) is 40.3 Å². The van der Waals surface area contributed by atoms with Gasteiger partial charge in [0, 0.05) is 40.1 Å². The zero-order valence-electron chi connectivity index (χ0n) is 18.8. The topological polar surface area (TPSA) is 82.3 Å². The second-order valence-corrected chi connectivity index (χ2v) is 12.2. The highest BCUT2D eigenvalue weighted by Gasteiger charge is 2.41. The first kappa shape index (κ1) is 22.4. The Balaban J connectivity index is 1.48. The Bertz CT molecular complexity index is 1340. The Morgan fingerprint density at radius 3 is 2.67 bits per heavy atom. The number of hydrogen-bond donors (Lipinski definition) is 2. The number of amides is 1. The van der Waals surface area contributed by atoms with Gasteiger partial charge in [-0.25, -0.2) is 8.42 Å². The van der Waals surface area contributed by atoms with Gasteiger partial charge in [-0.05, 0) is 43.5 Å². The van der Waals surface area contributed by atoms with Crippen molar-refractivity contribution in [3.8, 4) is 0 Å². The van der Waals surface area contributed by atoms with Gasteiger partial charge in [0.1, 0.15) is 0 Å². The van der Waals surface area contributed by atoms with E-state index in [0.29, 0.717) is 18.0 Å². The molecule has 1 fully saturated rings. The fraction of sp³-hybridized carbons (Fsp3) is 0.400. The summed E-state index contributed by atoms with van der Waals surface area (Å²) in [6, 6.07) is 16.1. The van der Waals surface area contributed by atoms with Crippen LogP contribution in [0.2, 0.25) is 5.02 Å². The van der Waals surface area contributed by atoms with Gasteiger partial charge in [-0.2, -0.15) is 0 Å². The van der Waals surface area contributed by atoms with Crippen LogP contribution in [0.5, 0.6) is 0 Å². The molecule has 2 aromatic carbocycles. The fourth-order valence-corrected chi connectivity index (χ4v) is 7.80. The monoisotopic (exact) mass is 485 g/mol. The van der Waals surface area contributed by atoms with Crippen LogP contribution in [-0.4, -0.2) is 54.3 Å². The van der Waals surface area contributed by atoms with Gasteiger partial charge < -0.3 is 10.3 Å². The van der Waals surface area contributed by atoms with E-state index in [1.54, 1.807) is 0 Å². The first-order valence-corrected chi connectivity index (χ1v) is 13.5. The van der Waals surface area contributed by atoms with Crippen molar-refractivity contribution >= 4 is 38.2 Å². The van der Waals surface area contributed by atoms with Crippen molar-refractivity contribution in [3.63, 3.8) is 0 Å². The van der Waals surface area contributed by atoms with Crippen LogP contribution in [0.4, 0.5) is 0 Å². The molecule has 3 aromatic rings. The lowest BCUT2D eigenvalue weighted by Crippen LogP contribution is -2.51. The first-order chi connectivity index (χ1) is 15.7. The Hall–Kier alpha value is -2.35. The van der Waals surface area contributed by atoms with Crippen LogP contribution in [0.3, 0.4) is 0 Å². The van der Waals surface area contributed by atoms with Gasteiger partial charge in [0.15, 0.2) is 9.84 Å². The highest BCUT2D eigenvalue weighted by atomic mass is 35.5. The number of sulfone groups is 1. The van der Waals surface area contributed by atoms with E-state index in [-0.39, 0.29) is 35.9 Å². The van der Waals surface area contributed by atoms with Crippen LogP contribution >= 0.6 is 11.6 Å². The summed E-state index contributed by atoms with van der Waals surface area (Å²) in [5.41, 5.74) is 3.73. The number of aromatic amines is 1. The Morgan fingerprint density at radius 1 is 1.21 bits per heavy atom. The van der Waals surface area contributed by atoms with Gasteiger partial charge in [0.25, 0.3) is 0 Å². The number of carbonyl (C=O) groups is 1. The molecule has 0 aliphatic carbocycles. The molecular formula is C25H28ClN3O3S. The normalized spacial score (nSPS) is 26.9. The molecule has 5 rings (SSSR count). The van der Waals surface area contributed by atoms with Gasteiger partial charge >= 0.3 is 0 Å². The standard InChI is InChI=1S/C25H28ClN3O3S/c1-16-24-23(18-8-4-6-10-21(18)27-24)19(17-7-3-5-9-20(17)26)13-29(16)14-22(30)28-25(2)11-12-33(31,32)15-25/h3-10,16,19,27H,11-15H2,1-2H3,(H,28,30)/t16-,19+,25+/m1/s1. The largest absolute Gasteiger partial charge is 0.357 e. The number of rotatable bonds is 4. The lowest BCUT2D eigenvalue weighted by Gasteiger charge is -2.38. The molecule has 3 atom stereocenters. The molecule has 0 radical (unpaired) electrons. The van der Waals surface area contributed by atoms with Crippen molar-refractivity contribution < 1.29 is 13.2 Å². The second kappa shape index (κ2) is 8.15. The zero-order valence-corrected chi connectivity index (χ0v) is 20.3. The van der Waals surface area contributed by atoms with Gasteiger partial charge in [-0.15, -0.1) is 0 Å². The van der Waals surface area contributed by atoms with Crippen LogP contribution < -0.4 is 5.32 Å². The summed E-state index contributed by atoms with van der Waals surface area (Å²) in [7, 11) is -3.10. The van der Waals surface area contributed by atoms with Crippen molar-refractivity contribution in [2.75, 3.05) is 24.6 Å². The smallest absolute Gasteiger partial charge is 0.234 e. The van der Waals surface area contributed by atoms with Gasteiger partial charge in [-0.3, -0.25) is 9.69 Å². The number of halogens is 1. The van der Waals surface area contributed by atoms with Crippen LogP contribution in [0, 0.1) is 0 Å². The van der Waals surface area contributed by atoms with Crippen molar-refractivity contribution in [1.29, 1.82) is 0 Å². The van der Waals surface area contributed by atoms with Crippen LogP contribution in [0.15, 0.2) is 48.5 Å². The second-order valence-electron chi connectivity index (χ2n) is 9.63. The summed E-state index contributed by atoms with van der Waals surface area (Å²) in [6.07, 6.45) is 0.449. The number of para-hydroxylation sites is 1. The minimum absolute atomic E-state index is 0.00277. The molecule has 174 valence electrons. The fourth-order valence-electron chi connectivity index (χ4n) is 5.44. The number of nitrogens with one attached hydrogen (secondary N) is 2. The molecule has 1 saturated heterocycles. The van der Waals surface area contributed by atoms with Gasteiger partial charge in [-0.1, -0.05) is 48.0 Å². The van der Waals surface area contributed by atoms with E-state index < -0.39 is 15.4 Å². The third-order valence-electron chi connectivity index (χ3n) is 7.08.